The minimum absolute atomic E-state index is 0.443. The molecule has 0 radical (unpaired) electrons. The third kappa shape index (κ3) is 2.18. The second-order valence-electron chi connectivity index (χ2n) is 3.76. The van der Waals surface area contributed by atoms with Crippen LogP contribution < -0.4 is 5.73 Å². The number of nitrogens with zero attached hydrogens (tertiary/aromatic N) is 1. The standard InChI is InChI=1S/C8H10N2O7/c9-8(7(16)17)1-3(5(12)13)10(2-8)4(11)6(14)15/h3H,1-2,9H2,(H,12,13)(H,14,15)(H,16,17). The van der Waals surface area contributed by atoms with Gasteiger partial charge in [-0.15, -0.1) is 0 Å². The van der Waals surface area contributed by atoms with Crippen LogP contribution >= 0.6 is 0 Å². The van der Waals surface area contributed by atoms with Crippen molar-refractivity contribution in [3.63, 3.8) is 0 Å². The summed E-state index contributed by atoms with van der Waals surface area (Å²) in [5.74, 6) is -6.31. The lowest BCUT2D eigenvalue weighted by molar-refractivity contribution is -0.159. The fourth-order valence-corrected chi connectivity index (χ4v) is 1.65. The van der Waals surface area contributed by atoms with Crippen LogP contribution in [0.15, 0.2) is 0 Å². The number of nitrogens with two attached hydrogens (primary N) is 1. The lowest BCUT2D eigenvalue weighted by Gasteiger charge is -2.19. The van der Waals surface area contributed by atoms with E-state index in [0.717, 1.165) is 0 Å². The van der Waals surface area contributed by atoms with Crippen molar-refractivity contribution in [1.29, 1.82) is 0 Å². The highest BCUT2D eigenvalue weighted by Gasteiger charge is 2.52. The van der Waals surface area contributed by atoms with Gasteiger partial charge >= 0.3 is 23.8 Å². The molecular formula is C8H10N2O7. The molecule has 1 fully saturated rings. The highest BCUT2D eigenvalue weighted by Crippen LogP contribution is 2.26. The molecule has 9 nitrogen and oxygen atoms in total. The molecule has 1 aliphatic rings. The molecule has 1 heterocycles. The number of carbonyl (C=O) groups excluding carboxylic acids is 1. The Balaban J connectivity index is 3.04. The first-order valence-corrected chi connectivity index (χ1v) is 4.48. The fourth-order valence-electron chi connectivity index (χ4n) is 1.65. The van der Waals surface area contributed by atoms with Crippen molar-refractivity contribution >= 4 is 23.8 Å². The maximum absolute atomic E-state index is 11.2. The number of hydrogen-bond acceptors (Lipinski definition) is 5. The van der Waals surface area contributed by atoms with Crippen molar-refractivity contribution < 1.29 is 34.5 Å². The Morgan fingerprint density at radius 1 is 1.18 bits per heavy atom. The van der Waals surface area contributed by atoms with Crippen LogP contribution in [0.1, 0.15) is 6.42 Å². The number of carboxylic acid groups (broad SMARTS) is 3. The van der Waals surface area contributed by atoms with Gasteiger partial charge < -0.3 is 26.0 Å². The summed E-state index contributed by atoms with van der Waals surface area (Å²) in [6.07, 6.45) is -0.531. The van der Waals surface area contributed by atoms with Gasteiger partial charge in [0, 0.05) is 6.42 Å². The van der Waals surface area contributed by atoms with Gasteiger partial charge in [0.05, 0.1) is 6.54 Å². The Morgan fingerprint density at radius 3 is 2.06 bits per heavy atom. The van der Waals surface area contributed by atoms with Gasteiger partial charge in [-0.05, 0) is 0 Å². The molecule has 0 aromatic heterocycles. The van der Waals surface area contributed by atoms with E-state index in [4.69, 9.17) is 21.1 Å². The van der Waals surface area contributed by atoms with Gasteiger partial charge in [-0.1, -0.05) is 0 Å². The van der Waals surface area contributed by atoms with Gasteiger partial charge in [-0.2, -0.15) is 0 Å². The van der Waals surface area contributed by atoms with Gasteiger partial charge in [0.2, 0.25) is 0 Å². The zero-order valence-corrected chi connectivity index (χ0v) is 8.49. The molecule has 2 atom stereocenters. The molecule has 1 amide bonds. The molecule has 17 heavy (non-hydrogen) atoms. The fraction of sp³-hybridized carbons (Fsp3) is 0.500. The van der Waals surface area contributed by atoms with Gasteiger partial charge in [-0.3, -0.25) is 9.59 Å². The van der Waals surface area contributed by atoms with Crippen molar-refractivity contribution in [3.05, 3.63) is 0 Å². The van der Waals surface area contributed by atoms with Crippen molar-refractivity contribution in [2.24, 2.45) is 5.73 Å². The predicted molar refractivity (Wildman–Crippen MR) is 49.9 cm³/mol. The van der Waals surface area contributed by atoms with Gasteiger partial charge in [0.25, 0.3) is 0 Å². The van der Waals surface area contributed by atoms with Crippen LogP contribution in [-0.4, -0.2) is 62.2 Å². The van der Waals surface area contributed by atoms with Crippen LogP contribution in [0, 0.1) is 0 Å². The summed E-state index contributed by atoms with van der Waals surface area (Å²) in [7, 11) is 0. The summed E-state index contributed by atoms with van der Waals surface area (Å²) in [6.45, 7) is -0.648. The zero-order chi connectivity index (χ0) is 13.4. The number of carboxylic acids is 3. The van der Waals surface area contributed by atoms with E-state index in [0.29, 0.717) is 4.90 Å². The molecule has 0 spiro atoms. The van der Waals surface area contributed by atoms with E-state index in [2.05, 4.69) is 0 Å². The molecule has 5 N–H and O–H groups in total. The Morgan fingerprint density at radius 2 is 1.71 bits per heavy atom. The molecule has 1 saturated heterocycles. The van der Waals surface area contributed by atoms with Crippen LogP contribution in [0.3, 0.4) is 0 Å². The highest BCUT2D eigenvalue weighted by molar-refractivity contribution is 6.32. The van der Waals surface area contributed by atoms with Gasteiger partial charge in [0.15, 0.2) is 0 Å². The molecule has 1 rings (SSSR count). The third-order valence-corrected chi connectivity index (χ3v) is 2.54. The lowest BCUT2D eigenvalue weighted by Crippen LogP contribution is -2.51. The second kappa shape index (κ2) is 4.01. The van der Waals surface area contributed by atoms with Crippen molar-refractivity contribution in [2.45, 2.75) is 18.0 Å². The van der Waals surface area contributed by atoms with Crippen molar-refractivity contribution in [3.8, 4) is 0 Å². The van der Waals surface area contributed by atoms with Gasteiger partial charge in [-0.25, -0.2) is 9.59 Å². The molecule has 0 aliphatic carbocycles. The lowest BCUT2D eigenvalue weighted by atomic mass is 9.98. The van der Waals surface area contributed by atoms with E-state index in [1.807, 2.05) is 0 Å². The second-order valence-corrected chi connectivity index (χ2v) is 3.76. The minimum atomic E-state index is -1.94. The number of rotatable bonds is 2. The normalized spacial score (nSPS) is 27.8. The SMILES string of the molecule is NC1(C(=O)O)CC(C(=O)O)N(C(=O)C(=O)O)C1. The van der Waals surface area contributed by atoms with Crippen LogP contribution in [0.5, 0.6) is 0 Å². The first-order chi connectivity index (χ1) is 7.69. The molecule has 0 saturated carbocycles. The van der Waals surface area contributed by atoms with Crippen molar-refractivity contribution in [2.75, 3.05) is 6.54 Å². The van der Waals surface area contributed by atoms with Crippen molar-refractivity contribution in [1.82, 2.24) is 4.90 Å². The number of carbonyl (C=O) groups is 4. The van der Waals surface area contributed by atoms with Crippen LogP contribution in [0.4, 0.5) is 0 Å². The summed E-state index contributed by atoms with van der Waals surface area (Å²) in [5, 5.41) is 26.1. The van der Waals surface area contributed by atoms with Crippen LogP contribution in [0.2, 0.25) is 0 Å². The molecule has 0 aromatic rings. The summed E-state index contributed by atoms with van der Waals surface area (Å²) in [5.41, 5.74) is 3.47. The van der Waals surface area contributed by atoms with E-state index >= 15 is 0 Å². The summed E-state index contributed by atoms with van der Waals surface area (Å²) in [6, 6.07) is -1.54. The average molecular weight is 246 g/mol. The molecule has 0 aromatic carbocycles. The molecule has 2 unspecified atom stereocenters. The summed E-state index contributed by atoms with van der Waals surface area (Å²) < 4.78 is 0. The Hall–Kier alpha value is -2.16. The Bertz CT molecular complexity index is 407. The molecular weight excluding hydrogens is 236 g/mol. The largest absolute Gasteiger partial charge is 0.480 e. The van der Waals surface area contributed by atoms with Crippen LogP contribution in [0.25, 0.3) is 0 Å². The maximum atomic E-state index is 11.2. The van der Waals surface area contributed by atoms with E-state index in [-0.39, 0.29) is 0 Å². The predicted octanol–water partition coefficient (Wildman–Crippen LogP) is -2.46. The quantitative estimate of drug-likeness (QED) is 0.390. The topological polar surface area (TPSA) is 158 Å². The maximum Gasteiger partial charge on any atom is 0.394 e. The minimum Gasteiger partial charge on any atom is -0.480 e. The number of likely N-dealkylation sites (tertiary alicyclic amines) is 1. The van der Waals surface area contributed by atoms with E-state index < -0.39 is 48.4 Å². The average Bonchev–Trinajstić information content (AvgIpc) is 2.56. The smallest absolute Gasteiger partial charge is 0.394 e. The first-order valence-electron chi connectivity index (χ1n) is 4.48. The molecule has 9 heteroatoms. The molecule has 1 aliphatic heterocycles. The molecule has 94 valence electrons. The van der Waals surface area contributed by atoms with E-state index in [1.165, 1.54) is 0 Å². The third-order valence-electron chi connectivity index (χ3n) is 2.54. The van der Waals surface area contributed by atoms with E-state index in [9.17, 15) is 19.2 Å². The van der Waals surface area contributed by atoms with Crippen LogP contribution in [-0.2, 0) is 19.2 Å². The Kier molecular flexibility index (Phi) is 3.05. The number of aliphatic carboxylic acids is 3. The zero-order valence-electron chi connectivity index (χ0n) is 8.49. The first kappa shape index (κ1) is 12.9. The summed E-state index contributed by atoms with van der Waals surface area (Å²) >= 11 is 0. The Labute approximate surface area is 94.4 Å². The highest BCUT2D eigenvalue weighted by atomic mass is 16.4. The molecule has 0 bridgehead atoms. The van der Waals surface area contributed by atoms with Gasteiger partial charge in [0.1, 0.15) is 11.6 Å². The number of hydrogen-bond donors (Lipinski definition) is 4. The van der Waals surface area contributed by atoms with E-state index in [1.54, 1.807) is 0 Å². The summed E-state index contributed by atoms with van der Waals surface area (Å²) in [4.78, 5) is 43.7. The monoisotopic (exact) mass is 246 g/mol. The number of amides is 1.